The van der Waals surface area contributed by atoms with Gasteiger partial charge >= 0.3 is 0 Å². The van der Waals surface area contributed by atoms with Crippen LogP contribution in [0.1, 0.15) is 54.1 Å². The van der Waals surface area contributed by atoms with Crippen LogP contribution >= 0.6 is 22.7 Å². The molecule has 0 aromatic carbocycles. The van der Waals surface area contributed by atoms with E-state index in [9.17, 15) is 4.79 Å². The molecule has 112 valence electrons. The summed E-state index contributed by atoms with van der Waals surface area (Å²) in [4.78, 5) is 18.4. The van der Waals surface area contributed by atoms with E-state index in [0.29, 0.717) is 0 Å². The van der Waals surface area contributed by atoms with Gasteiger partial charge in [-0.1, -0.05) is 18.9 Å². The summed E-state index contributed by atoms with van der Waals surface area (Å²) in [6.07, 6.45) is 4.32. The number of rotatable bonds is 4. The molecule has 1 amide bonds. The summed E-state index contributed by atoms with van der Waals surface area (Å²) in [6, 6.07) is 4.03. The van der Waals surface area contributed by atoms with Crippen molar-refractivity contribution < 1.29 is 4.79 Å². The Morgan fingerprint density at radius 1 is 1.38 bits per heavy atom. The summed E-state index contributed by atoms with van der Waals surface area (Å²) in [5.41, 5.74) is 0.809. The van der Waals surface area contributed by atoms with Crippen LogP contribution in [-0.2, 0) is 10.3 Å². The second-order valence-corrected chi connectivity index (χ2v) is 7.65. The highest BCUT2D eigenvalue weighted by Gasteiger charge is 2.40. The minimum atomic E-state index is -0.235. The van der Waals surface area contributed by atoms with Crippen LogP contribution in [0.4, 0.5) is 0 Å². The molecule has 21 heavy (non-hydrogen) atoms. The van der Waals surface area contributed by atoms with Crippen LogP contribution in [0, 0.1) is 6.92 Å². The zero-order chi connectivity index (χ0) is 14.9. The van der Waals surface area contributed by atoms with E-state index in [1.54, 1.807) is 22.7 Å². The minimum Gasteiger partial charge on any atom is -0.344 e. The highest BCUT2D eigenvalue weighted by atomic mass is 32.1. The van der Waals surface area contributed by atoms with E-state index in [1.807, 2.05) is 31.4 Å². The Bertz CT molecular complexity index is 612. The summed E-state index contributed by atoms with van der Waals surface area (Å²) in [7, 11) is 0. The number of thiazole rings is 1. The molecule has 3 nitrogen and oxygen atoms in total. The Morgan fingerprint density at radius 3 is 2.71 bits per heavy atom. The number of carbonyl (C=O) groups excluding carboxylic acids is 1. The number of nitrogens with one attached hydrogen (secondary N) is 1. The normalized spacial score (nSPS) is 18.6. The second-order valence-electron chi connectivity index (χ2n) is 5.81. The molecule has 1 saturated carbocycles. The predicted molar refractivity (Wildman–Crippen MR) is 87.9 cm³/mol. The molecule has 2 heterocycles. The Kier molecular flexibility index (Phi) is 4.13. The third-order valence-corrected chi connectivity index (χ3v) is 6.43. The molecule has 2 aromatic heterocycles. The Hall–Kier alpha value is -1.20. The van der Waals surface area contributed by atoms with Gasteiger partial charge in [0.15, 0.2) is 0 Å². The van der Waals surface area contributed by atoms with Crippen molar-refractivity contribution in [1.82, 2.24) is 10.3 Å². The highest BCUT2D eigenvalue weighted by molar-refractivity contribution is 7.10. The maximum Gasteiger partial charge on any atom is 0.228 e. The van der Waals surface area contributed by atoms with E-state index >= 15 is 0 Å². The fourth-order valence-corrected chi connectivity index (χ4v) is 4.75. The van der Waals surface area contributed by atoms with Gasteiger partial charge in [-0.05, 0) is 38.1 Å². The van der Waals surface area contributed by atoms with Crippen LogP contribution in [-0.4, -0.2) is 10.9 Å². The molecule has 2 aromatic rings. The van der Waals surface area contributed by atoms with E-state index in [4.69, 9.17) is 0 Å². The molecule has 0 radical (unpaired) electrons. The largest absolute Gasteiger partial charge is 0.344 e. The van der Waals surface area contributed by atoms with Gasteiger partial charge in [0.05, 0.1) is 11.5 Å². The monoisotopic (exact) mass is 320 g/mol. The molecule has 0 unspecified atom stereocenters. The van der Waals surface area contributed by atoms with E-state index in [0.717, 1.165) is 41.3 Å². The maximum atomic E-state index is 12.7. The van der Waals surface area contributed by atoms with Crippen molar-refractivity contribution in [3.05, 3.63) is 38.5 Å². The SMILES string of the molecule is Cc1csc(C2(NC(=O)[C@H](C)c3cccs3)CCCC2)n1. The van der Waals surface area contributed by atoms with Crippen LogP contribution in [0.5, 0.6) is 0 Å². The molecular weight excluding hydrogens is 300 g/mol. The molecule has 1 aliphatic carbocycles. The number of carbonyl (C=O) groups is 1. The van der Waals surface area contributed by atoms with Gasteiger partial charge in [-0.2, -0.15) is 0 Å². The van der Waals surface area contributed by atoms with Crippen LogP contribution in [0.15, 0.2) is 22.9 Å². The Labute approximate surface area is 133 Å². The van der Waals surface area contributed by atoms with Crippen LogP contribution < -0.4 is 5.32 Å². The molecular formula is C16H20N2OS2. The standard InChI is InChI=1S/C16H20N2OS2/c1-11-10-21-15(17-11)16(7-3-4-8-16)18-14(19)12(2)13-6-5-9-20-13/h5-6,9-10,12H,3-4,7-8H2,1-2H3,(H,18,19)/t12-/m1/s1. The number of aromatic nitrogens is 1. The maximum absolute atomic E-state index is 12.7. The second kappa shape index (κ2) is 5.89. The molecule has 1 atom stereocenters. The van der Waals surface area contributed by atoms with E-state index in [2.05, 4.69) is 15.7 Å². The Balaban J connectivity index is 1.81. The Morgan fingerprint density at radius 2 is 2.14 bits per heavy atom. The van der Waals surface area contributed by atoms with Crippen molar-refractivity contribution in [3.8, 4) is 0 Å². The van der Waals surface area contributed by atoms with Crippen LogP contribution in [0.3, 0.4) is 0 Å². The number of amides is 1. The van der Waals surface area contributed by atoms with Gasteiger partial charge in [0.1, 0.15) is 5.01 Å². The molecule has 3 rings (SSSR count). The third-order valence-electron chi connectivity index (χ3n) is 4.21. The summed E-state index contributed by atoms with van der Waals surface area (Å²) in [6.45, 7) is 4.00. The van der Waals surface area contributed by atoms with Gasteiger partial charge in [-0.3, -0.25) is 4.79 Å². The molecule has 5 heteroatoms. The van der Waals surface area contributed by atoms with Gasteiger partial charge in [-0.15, -0.1) is 22.7 Å². The number of hydrogen-bond donors (Lipinski definition) is 1. The molecule has 0 aliphatic heterocycles. The lowest BCUT2D eigenvalue weighted by atomic mass is 9.96. The first kappa shape index (κ1) is 14.7. The molecule has 0 bridgehead atoms. The van der Waals surface area contributed by atoms with E-state index in [-0.39, 0.29) is 17.4 Å². The molecule has 0 spiro atoms. The van der Waals surface area contributed by atoms with Gasteiger partial charge in [0.2, 0.25) is 5.91 Å². The average molecular weight is 320 g/mol. The van der Waals surface area contributed by atoms with Crippen molar-refractivity contribution in [2.24, 2.45) is 0 Å². The van der Waals surface area contributed by atoms with E-state index < -0.39 is 0 Å². The zero-order valence-electron chi connectivity index (χ0n) is 12.4. The number of nitrogens with zero attached hydrogens (tertiary/aromatic N) is 1. The summed E-state index contributed by atoms with van der Waals surface area (Å²) in [5, 5.41) is 8.50. The van der Waals surface area contributed by atoms with Gasteiger partial charge in [-0.25, -0.2) is 4.98 Å². The minimum absolute atomic E-state index is 0.0939. The first-order valence-corrected chi connectivity index (χ1v) is 9.15. The van der Waals surface area contributed by atoms with Crippen molar-refractivity contribution >= 4 is 28.6 Å². The van der Waals surface area contributed by atoms with Crippen LogP contribution in [0.2, 0.25) is 0 Å². The van der Waals surface area contributed by atoms with Crippen molar-refractivity contribution in [2.75, 3.05) is 0 Å². The quantitative estimate of drug-likeness (QED) is 0.917. The topological polar surface area (TPSA) is 42.0 Å². The highest BCUT2D eigenvalue weighted by Crippen LogP contribution is 2.40. The summed E-state index contributed by atoms with van der Waals surface area (Å²) in [5.74, 6) is 0.0238. The molecule has 1 N–H and O–H groups in total. The first-order chi connectivity index (χ1) is 10.1. The molecule has 1 fully saturated rings. The lowest BCUT2D eigenvalue weighted by Gasteiger charge is -2.29. The van der Waals surface area contributed by atoms with Crippen molar-refractivity contribution in [1.29, 1.82) is 0 Å². The van der Waals surface area contributed by atoms with Crippen molar-refractivity contribution in [3.63, 3.8) is 0 Å². The number of thiophene rings is 1. The zero-order valence-corrected chi connectivity index (χ0v) is 14.0. The van der Waals surface area contributed by atoms with Crippen molar-refractivity contribution in [2.45, 2.75) is 51.0 Å². The lowest BCUT2D eigenvalue weighted by Crippen LogP contribution is -2.45. The number of aryl methyl sites for hydroxylation is 1. The average Bonchev–Trinajstić information content (AvgIpc) is 3.18. The molecule has 0 saturated heterocycles. The fraction of sp³-hybridized carbons (Fsp3) is 0.500. The predicted octanol–water partition coefficient (Wildman–Crippen LogP) is 4.20. The van der Waals surface area contributed by atoms with Gasteiger partial charge in [0, 0.05) is 16.0 Å². The fourth-order valence-electron chi connectivity index (χ4n) is 2.96. The smallest absolute Gasteiger partial charge is 0.228 e. The van der Waals surface area contributed by atoms with Gasteiger partial charge < -0.3 is 5.32 Å². The molecule has 1 aliphatic rings. The summed E-state index contributed by atoms with van der Waals surface area (Å²) < 4.78 is 0. The van der Waals surface area contributed by atoms with Crippen LogP contribution in [0.25, 0.3) is 0 Å². The van der Waals surface area contributed by atoms with Gasteiger partial charge in [0.25, 0.3) is 0 Å². The lowest BCUT2D eigenvalue weighted by molar-refractivity contribution is -0.124. The summed E-state index contributed by atoms with van der Waals surface area (Å²) >= 11 is 3.32. The number of hydrogen-bond acceptors (Lipinski definition) is 4. The third kappa shape index (κ3) is 2.90. The van der Waals surface area contributed by atoms with E-state index in [1.165, 1.54) is 0 Å². The first-order valence-electron chi connectivity index (χ1n) is 7.39.